The summed E-state index contributed by atoms with van der Waals surface area (Å²) in [5.74, 6) is 0. The molecule has 1 aromatic carbocycles. The highest BCUT2D eigenvalue weighted by atomic mass is 16.5. The molecule has 1 atom stereocenters. The van der Waals surface area contributed by atoms with Gasteiger partial charge in [0.15, 0.2) is 0 Å². The summed E-state index contributed by atoms with van der Waals surface area (Å²) in [6, 6.07) is 8.37. The van der Waals surface area contributed by atoms with Gasteiger partial charge in [0, 0.05) is 7.11 Å². The molecule has 0 aliphatic carbocycles. The van der Waals surface area contributed by atoms with Crippen molar-refractivity contribution in [2.75, 3.05) is 13.7 Å². The third kappa shape index (κ3) is 2.83. The molecule has 0 fully saturated rings. The minimum Gasteiger partial charge on any atom is -0.383 e. The van der Waals surface area contributed by atoms with E-state index in [-0.39, 0.29) is 6.04 Å². The number of nitrogens with two attached hydrogens (primary N) is 1. The fourth-order valence-electron chi connectivity index (χ4n) is 1.28. The molecule has 0 amide bonds. The molecule has 0 aliphatic heterocycles. The Kier molecular flexibility index (Phi) is 3.93. The van der Waals surface area contributed by atoms with Crippen LogP contribution in [0.1, 0.15) is 24.1 Å². The predicted octanol–water partition coefficient (Wildman–Crippen LogP) is 1.90. The lowest BCUT2D eigenvalue weighted by atomic mass is 10.1. The highest BCUT2D eigenvalue weighted by Gasteiger charge is 2.03. The first-order valence-electron chi connectivity index (χ1n) is 4.61. The van der Waals surface area contributed by atoms with Crippen LogP contribution in [0.5, 0.6) is 0 Å². The van der Waals surface area contributed by atoms with Crippen molar-refractivity contribution in [3.63, 3.8) is 0 Å². The molecular weight excluding hydrogens is 162 g/mol. The zero-order valence-electron chi connectivity index (χ0n) is 8.29. The van der Waals surface area contributed by atoms with Crippen LogP contribution in [0.3, 0.4) is 0 Å². The van der Waals surface area contributed by atoms with Crippen molar-refractivity contribution < 1.29 is 4.74 Å². The number of hydrogen-bond donors (Lipinski definition) is 1. The number of rotatable bonds is 4. The van der Waals surface area contributed by atoms with Crippen LogP contribution < -0.4 is 5.73 Å². The maximum Gasteiger partial charge on any atom is 0.0655 e. The van der Waals surface area contributed by atoms with Crippen molar-refractivity contribution in [1.29, 1.82) is 0 Å². The maximum atomic E-state index is 5.87. The fourth-order valence-corrected chi connectivity index (χ4v) is 1.28. The third-order valence-electron chi connectivity index (χ3n) is 2.16. The van der Waals surface area contributed by atoms with E-state index in [2.05, 4.69) is 31.2 Å². The molecule has 1 rings (SSSR count). The van der Waals surface area contributed by atoms with Crippen LogP contribution in [-0.2, 0) is 11.2 Å². The molecule has 0 saturated carbocycles. The highest BCUT2D eigenvalue weighted by molar-refractivity contribution is 5.24. The van der Waals surface area contributed by atoms with Gasteiger partial charge in [0.2, 0.25) is 0 Å². The average molecular weight is 179 g/mol. The first-order chi connectivity index (χ1) is 6.27. The SMILES string of the molecule is CCc1ccc(C(N)COC)cc1. The highest BCUT2D eigenvalue weighted by Crippen LogP contribution is 2.11. The lowest BCUT2D eigenvalue weighted by Crippen LogP contribution is -2.15. The Balaban J connectivity index is 2.67. The van der Waals surface area contributed by atoms with Gasteiger partial charge in [-0.2, -0.15) is 0 Å². The van der Waals surface area contributed by atoms with Gasteiger partial charge in [-0.15, -0.1) is 0 Å². The molecule has 0 radical (unpaired) electrons. The van der Waals surface area contributed by atoms with Gasteiger partial charge >= 0.3 is 0 Å². The molecule has 1 unspecified atom stereocenters. The molecule has 72 valence electrons. The summed E-state index contributed by atoms with van der Waals surface area (Å²) in [5, 5.41) is 0. The zero-order valence-corrected chi connectivity index (χ0v) is 8.29. The van der Waals surface area contributed by atoms with Gasteiger partial charge in [0.1, 0.15) is 0 Å². The van der Waals surface area contributed by atoms with E-state index in [4.69, 9.17) is 10.5 Å². The van der Waals surface area contributed by atoms with Crippen LogP contribution in [0.15, 0.2) is 24.3 Å². The van der Waals surface area contributed by atoms with E-state index < -0.39 is 0 Å². The summed E-state index contributed by atoms with van der Waals surface area (Å²) in [4.78, 5) is 0. The lowest BCUT2D eigenvalue weighted by Gasteiger charge is -2.10. The minimum absolute atomic E-state index is 0.00379. The molecule has 0 bridgehead atoms. The lowest BCUT2D eigenvalue weighted by molar-refractivity contribution is 0.181. The number of methoxy groups -OCH3 is 1. The van der Waals surface area contributed by atoms with Crippen LogP contribution in [0.2, 0.25) is 0 Å². The van der Waals surface area contributed by atoms with E-state index in [0.717, 1.165) is 12.0 Å². The summed E-state index contributed by atoms with van der Waals surface area (Å²) in [6.07, 6.45) is 1.07. The van der Waals surface area contributed by atoms with E-state index in [0.29, 0.717) is 6.61 Å². The fraction of sp³-hybridized carbons (Fsp3) is 0.455. The van der Waals surface area contributed by atoms with Gasteiger partial charge in [-0.3, -0.25) is 0 Å². The molecule has 0 saturated heterocycles. The maximum absolute atomic E-state index is 5.87. The van der Waals surface area contributed by atoms with Gasteiger partial charge in [0.25, 0.3) is 0 Å². The summed E-state index contributed by atoms with van der Waals surface area (Å²) in [6.45, 7) is 2.72. The summed E-state index contributed by atoms with van der Waals surface area (Å²) < 4.78 is 4.99. The van der Waals surface area contributed by atoms with E-state index >= 15 is 0 Å². The number of aryl methyl sites for hydroxylation is 1. The van der Waals surface area contributed by atoms with E-state index in [1.807, 2.05) is 0 Å². The summed E-state index contributed by atoms with van der Waals surface area (Å²) in [5.41, 5.74) is 8.35. The quantitative estimate of drug-likeness (QED) is 0.766. The number of hydrogen-bond acceptors (Lipinski definition) is 2. The normalized spacial score (nSPS) is 12.8. The van der Waals surface area contributed by atoms with Gasteiger partial charge in [0.05, 0.1) is 12.6 Å². The summed E-state index contributed by atoms with van der Waals surface area (Å²) in [7, 11) is 1.67. The second-order valence-corrected chi connectivity index (χ2v) is 3.16. The predicted molar refractivity (Wildman–Crippen MR) is 54.6 cm³/mol. The van der Waals surface area contributed by atoms with Crippen LogP contribution in [0.25, 0.3) is 0 Å². The molecule has 0 aromatic heterocycles. The Morgan fingerprint density at radius 2 is 1.92 bits per heavy atom. The molecule has 2 heteroatoms. The molecule has 2 N–H and O–H groups in total. The van der Waals surface area contributed by atoms with E-state index in [1.54, 1.807) is 7.11 Å². The second kappa shape index (κ2) is 5.00. The molecule has 1 aromatic rings. The van der Waals surface area contributed by atoms with Crippen LogP contribution in [0.4, 0.5) is 0 Å². The second-order valence-electron chi connectivity index (χ2n) is 3.16. The molecule has 0 spiro atoms. The van der Waals surface area contributed by atoms with E-state index in [9.17, 15) is 0 Å². The van der Waals surface area contributed by atoms with Crippen LogP contribution >= 0.6 is 0 Å². The molecule has 0 aliphatic rings. The zero-order chi connectivity index (χ0) is 9.68. The molecule has 2 nitrogen and oxygen atoms in total. The standard InChI is InChI=1S/C11H17NO/c1-3-9-4-6-10(7-5-9)11(12)8-13-2/h4-7,11H,3,8,12H2,1-2H3. The van der Waals surface area contributed by atoms with Crippen molar-refractivity contribution in [3.8, 4) is 0 Å². The smallest absolute Gasteiger partial charge is 0.0655 e. The Morgan fingerprint density at radius 3 is 2.38 bits per heavy atom. The minimum atomic E-state index is -0.00379. The van der Waals surface area contributed by atoms with Gasteiger partial charge < -0.3 is 10.5 Å². The van der Waals surface area contributed by atoms with Crippen molar-refractivity contribution in [2.24, 2.45) is 5.73 Å². The van der Waals surface area contributed by atoms with E-state index in [1.165, 1.54) is 5.56 Å². The van der Waals surface area contributed by atoms with Crippen molar-refractivity contribution in [2.45, 2.75) is 19.4 Å². The summed E-state index contributed by atoms with van der Waals surface area (Å²) >= 11 is 0. The largest absolute Gasteiger partial charge is 0.383 e. The third-order valence-corrected chi connectivity index (χ3v) is 2.16. The Hall–Kier alpha value is -0.860. The molecular formula is C11H17NO. The van der Waals surface area contributed by atoms with Gasteiger partial charge in [-0.1, -0.05) is 31.2 Å². The number of benzene rings is 1. The van der Waals surface area contributed by atoms with Crippen LogP contribution in [-0.4, -0.2) is 13.7 Å². The Labute approximate surface area is 79.7 Å². The average Bonchev–Trinajstić information content (AvgIpc) is 2.18. The van der Waals surface area contributed by atoms with Crippen LogP contribution in [0, 0.1) is 0 Å². The molecule has 0 heterocycles. The number of ether oxygens (including phenoxy) is 1. The van der Waals surface area contributed by atoms with Crippen molar-refractivity contribution in [3.05, 3.63) is 35.4 Å². The topological polar surface area (TPSA) is 35.2 Å². The Bertz CT molecular complexity index is 243. The van der Waals surface area contributed by atoms with Gasteiger partial charge in [-0.05, 0) is 17.5 Å². The monoisotopic (exact) mass is 179 g/mol. The van der Waals surface area contributed by atoms with Crippen molar-refractivity contribution >= 4 is 0 Å². The Morgan fingerprint density at radius 1 is 1.31 bits per heavy atom. The van der Waals surface area contributed by atoms with Crippen molar-refractivity contribution in [1.82, 2.24) is 0 Å². The molecule has 13 heavy (non-hydrogen) atoms. The first kappa shape index (κ1) is 10.2. The first-order valence-corrected chi connectivity index (χ1v) is 4.61. The van der Waals surface area contributed by atoms with Gasteiger partial charge in [-0.25, -0.2) is 0 Å².